The number of hydrogen-bond acceptors (Lipinski definition) is 10. The van der Waals surface area contributed by atoms with Gasteiger partial charge in [0.1, 0.15) is 12.7 Å². The molecule has 62 heavy (non-hydrogen) atoms. The Balaban J connectivity index is 1.33. The predicted molar refractivity (Wildman–Crippen MR) is 246 cm³/mol. The Bertz CT molecular complexity index is 1720. The van der Waals surface area contributed by atoms with Crippen LogP contribution in [0.2, 0.25) is 0 Å². The lowest BCUT2D eigenvalue weighted by Gasteiger charge is -2.25. The van der Waals surface area contributed by atoms with E-state index in [1.807, 2.05) is 121 Å². The number of carbonyl (C=O) groups is 1. The van der Waals surface area contributed by atoms with Crippen LogP contribution in [0, 0.1) is 0 Å². The van der Waals surface area contributed by atoms with Crippen LogP contribution in [0.4, 0.5) is 0 Å². The third kappa shape index (κ3) is 23.3. The summed E-state index contributed by atoms with van der Waals surface area (Å²) in [5.41, 5.74) is 2.99. The van der Waals surface area contributed by atoms with Crippen molar-refractivity contribution in [3.63, 3.8) is 0 Å². The third-order valence-corrected chi connectivity index (χ3v) is 13.1. The summed E-state index contributed by atoms with van der Waals surface area (Å²) < 4.78 is 69.6. The van der Waals surface area contributed by atoms with Crippen molar-refractivity contribution in [1.82, 2.24) is 0 Å². The fourth-order valence-corrected chi connectivity index (χ4v) is 9.15. The average molecular weight is 893 g/mol. The van der Waals surface area contributed by atoms with Crippen molar-refractivity contribution >= 4 is 21.6 Å². The van der Waals surface area contributed by atoms with Crippen LogP contribution in [-0.2, 0) is 72.2 Å². The Labute approximate surface area is 371 Å². The van der Waals surface area contributed by atoms with E-state index in [1.165, 1.54) is 77.0 Å². The van der Waals surface area contributed by atoms with Crippen molar-refractivity contribution < 1.29 is 45.8 Å². The molecule has 0 saturated heterocycles. The topological polar surface area (TPSA) is 116 Å². The highest BCUT2D eigenvalue weighted by Crippen LogP contribution is 2.54. The number of esters is 1. The number of unbranched alkanes of at least 4 members (excludes halogenated alkanes) is 15. The first kappa shape index (κ1) is 51.2. The Morgan fingerprint density at radius 3 is 1.10 bits per heavy atom. The molecule has 0 heterocycles. The number of ether oxygens (including phenoxy) is 1. The van der Waals surface area contributed by atoms with E-state index in [-0.39, 0.29) is 39.5 Å². The van der Waals surface area contributed by atoms with E-state index in [1.54, 1.807) is 0 Å². The predicted octanol–water partition coefficient (Wildman–Crippen LogP) is 14.7. The summed E-state index contributed by atoms with van der Waals surface area (Å²) in [5.74, 6) is -0.432. The Hall–Kier alpha value is -3.43. The number of phosphoric ester groups is 2. The lowest BCUT2D eigenvalue weighted by Crippen LogP contribution is -2.27. The van der Waals surface area contributed by atoms with Crippen molar-refractivity contribution in [2.75, 3.05) is 13.2 Å². The maximum atomic E-state index is 14.4. The van der Waals surface area contributed by atoms with E-state index in [9.17, 15) is 13.9 Å². The third-order valence-electron chi connectivity index (χ3n) is 10.3. The average Bonchev–Trinajstić information content (AvgIpc) is 3.31. The molecule has 0 amide bonds. The summed E-state index contributed by atoms with van der Waals surface area (Å²) in [6.45, 7) is 1.11. The van der Waals surface area contributed by atoms with Crippen molar-refractivity contribution in [1.29, 1.82) is 0 Å². The van der Waals surface area contributed by atoms with Gasteiger partial charge in [-0.05, 0) is 28.7 Å². The molecule has 12 heteroatoms. The van der Waals surface area contributed by atoms with Crippen molar-refractivity contribution in [2.45, 2.75) is 149 Å². The van der Waals surface area contributed by atoms with Crippen LogP contribution in [-0.4, -0.2) is 25.3 Å². The van der Waals surface area contributed by atoms with Gasteiger partial charge in [-0.3, -0.25) is 31.9 Å². The summed E-state index contributed by atoms with van der Waals surface area (Å²) in [4.78, 5) is 13.0. The van der Waals surface area contributed by atoms with Gasteiger partial charge in [0.05, 0.1) is 33.0 Å². The molecular formula is C50H70O10P2. The molecule has 0 saturated carbocycles. The largest absolute Gasteiger partial charge is 0.475 e. The highest BCUT2D eigenvalue weighted by atomic mass is 31.2. The number of carbonyl (C=O) groups excluding carboxylic acids is 1. The molecule has 0 spiro atoms. The first-order chi connectivity index (χ1) is 30.3. The summed E-state index contributed by atoms with van der Waals surface area (Å²) in [5, 5.41) is 0. The van der Waals surface area contributed by atoms with E-state index >= 15 is 0 Å². The minimum atomic E-state index is -4.37. The summed E-state index contributed by atoms with van der Waals surface area (Å²) in [6.07, 6.45) is 18.8. The molecule has 0 bridgehead atoms. The van der Waals surface area contributed by atoms with Crippen LogP contribution >= 0.6 is 15.6 Å². The normalized spacial score (nSPS) is 12.3. The van der Waals surface area contributed by atoms with E-state index in [0.717, 1.165) is 41.5 Å². The van der Waals surface area contributed by atoms with Gasteiger partial charge in [-0.25, -0.2) is 9.13 Å². The van der Waals surface area contributed by atoms with Crippen molar-refractivity contribution in [3.8, 4) is 0 Å². The number of rotatable bonds is 36. The van der Waals surface area contributed by atoms with Gasteiger partial charge in [-0.1, -0.05) is 225 Å². The molecule has 10 nitrogen and oxygen atoms in total. The van der Waals surface area contributed by atoms with E-state index in [0.29, 0.717) is 6.42 Å². The number of phosphoric acid groups is 2. The van der Waals surface area contributed by atoms with Crippen LogP contribution in [0.15, 0.2) is 121 Å². The van der Waals surface area contributed by atoms with Gasteiger partial charge in [0.2, 0.25) is 0 Å². The molecule has 0 aliphatic carbocycles. The fourth-order valence-electron chi connectivity index (χ4n) is 6.66. The Morgan fingerprint density at radius 1 is 0.419 bits per heavy atom. The van der Waals surface area contributed by atoms with Crippen LogP contribution in [0.3, 0.4) is 0 Å². The van der Waals surface area contributed by atoms with Gasteiger partial charge >= 0.3 is 21.6 Å². The molecule has 0 radical (unpaired) electrons. The van der Waals surface area contributed by atoms with Gasteiger partial charge in [-0.2, -0.15) is 0 Å². The smallest absolute Gasteiger partial charge is 0.463 e. The molecule has 0 N–H and O–H groups in total. The lowest BCUT2D eigenvalue weighted by molar-refractivity contribution is -0.147. The maximum absolute atomic E-state index is 14.4. The van der Waals surface area contributed by atoms with Gasteiger partial charge in [0.15, 0.2) is 0 Å². The molecule has 0 aliphatic heterocycles. The van der Waals surface area contributed by atoms with E-state index < -0.39 is 34.3 Å². The second-order valence-electron chi connectivity index (χ2n) is 15.7. The van der Waals surface area contributed by atoms with Gasteiger partial charge < -0.3 is 4.74 Å². The Kier molecular flexibility index (Phi) is 26.0. The maximum Gasteiger partial charge on any atom is 0.475 e. The zero-order valence-corrected chi connectivity index (χ0v) is 38.7. The van der Waals surface area contributed by atoms with Crippen molar-refractivity contribution in [2.24, 2.45) is 0 Å². The second kappa shape index (κ2) is 31.4. The van der Waals surface area contributed by atoms with Crippen LogP contribution < -0.4 is 0 Å². The fraction of sp³-hybridized carbons (Fsp3) is 0.500. The molecule has 1 atom stereocenters. The molecule has 4 aromatic carbocycles. The van der Waals surface area contributed by atoms with Gasteiger partial charge in [0, 0.05) is 6.42 Å². The minimum Gasteiger partial charge on any atom is -0.463 e. The molecule has 340 valence electrons. The highest BCUT2D eigenvalue weighted by molar-refractivity contribution is 7.48. The SMILES string of the molecule is CCCCCCCCCCCCCCCCCCC(=O)OCC(COP(=O)(OCc1ccccc1)OCc1ccccc1)OP(=O)(OCc1ccccc1)OCc1ccccc1. The van der Waals surface area contributed by atoms with Crippen LogP contribution in [0.5, 0.6) is 0 Å². The molecule has 0 fully saturated rings. The molecule has 4 rings (SSSR count). The summed E-state index contributed by atoms with van der Waals surface area (Å²) >= 11 is 0. The standard InChI is InChI=1S/C50H70O10P2/c1-2-3-4-5-6-7-8-9-10-11-12-13-14-15-16-29-38-50(51)54-43-49(60-62(53,57-41-47-34-25-19-26-35-47)58-42-48-36-27-20-28-37-48)44-59-61(52,55-39-45-30-21-17-22-31-45)56-40-46-32-23-18-24-33-46/h17-28,30-37,49H,2-16,29,38-44H2,1H3. The zero-order chi connectivity index (χ0) is 43.8. The number of benzene rings is 4. The monoisotopic (exact) mass is 892 g/mol. The molecule has 4 aromatic rings. The molecule has 0 aliphatic rings. The van der Waals surface area contributed by atoms with Crippen LogP contribution in [0.25, 0.3) is 0 Å². The first-order valence-corrected chi connectivity index (χ1v) is 25.7. The van der Waals surface area contributed by atoms with E-state index in [4.69, 9.17) is 31.9 Å². The molecule has 0 aromatic heterocycles. The second-order valence-corrected chi connectivity index (χ2v) is 19.0. The zero-order valence-electron chi connectivity index (χ0n) is 36.9. The van der Waals surface area contributed by atoms with Crippen molar-refractivity contribution in [3.05, 3.63) is 144 Å². The molecule has 1 unspecified atom stereocenters. The summed E-state index contributed by atoms with van der Waals surface area (Å²) in [6, 6.07) is 36.8. The first-order valence-electron chi connectivity index (χ1n) is 22.8. The summed E-state index contributed by atoms with van der Waals surface area (Å²) in [7, 11) is -8.65. The van der Waals surface area contributed by atoms with Gasteiger partial charge in [-0.15, -0.1) is 0 Å². The molecular weight excluding hydrogens is 822 g/mol. The lowest BCUT2D eigenvalue weighted by atomic mass is 10.0. The minimum absolute atomic E-state index is 0.0639. The van der Waals surface area contributed by atoms with Crippen LogP contribution in [0.1, 0.15) is 138 Å². The number of hydrogen-bond donors (Lipinski definition) is 0. The Morgan fingerprint density at radius 2 is 0.742 bits per heavy atom. The van der Waals surface area contributed by atoms with E-state index in [2.05, 4.69) is 6.92 Å². The highest BCUT2D eigenvalue weighted by Gasteiger charge is 2.35. The van der Waals surface area contributed by atoms with Gasteiger partial charge in [0.25, 0.3) is 0 Å². The quantitative estimate of drug-likeness (QED) is 0.0248.